The maximum Gasteiger partial charge on any atom is 0.159 e. The smallest absolute Gasteiger partial charge is 0.159 e. The Balaban J connectivity index is 1.25. The van der Waals surface area contributed by atoms with Crippen LogP contribution in [0.15, 0.2) is 118 Å². The molecule has 0 saturated heterocycles. The van der Waals surface area contributed by atoms with Crippen molar-refractivity contribution in [3.05, 3.63) is 131 Å². The fourth-order valence-corrected chi connectivity index (χ4v) is 8.99. The lowest BCUT2D eigenvalue weighted by Crippen LogP contribution is -2.04. The zero-order valence-electron chi connectivity index (χ0n) is 28.0. The van der Waals surface area contributed by atoms with Gasteiger partial charge in [-0.05, 0) is 96.0 Å². The van der Waals surface area contributed by atoms with Gasteiger partial charge in [-0.25, -0.2) is 0 Å². The van der Waals surface area contributed by atoms with Gasteiger partial charge in [0.1, 0.15) is 11.2 Å². The minimum absolute atomic E-state index is 0.872. The fourth-order valence-electron chi connectivity index (χ4n) is 7.23. The second-order valence-corrected chi connectivity index (χ2v) is 14.4. The van der Waals surface area contributed by atoms with E-state index in [1.54, 1.807) is 0 Å². The number of nitrogens with zero attached hydrogens (tertiary/aromatic N) is 2. The normalized spacial score (nSPS) is 11.7. The van der Waals surface area contributed by atoms with Crippen molar-refractivity contribution in [2.24, 2.45) is 0 Å². The standard InChI is InChI=1S/C43H36I2N2O2/c1-5-27-14-8-9-20-37(27)47(45)39-23-13-19-34-35-25-30(24-29(7-3)41(35)49-43(34)39)31-16-11-21-36(26(31)4)46(44)38-22-12-18-33-32-17-10-15-28(6-2)40(32)48-42(33)38/h8-25H,5-7H2,1-4H3. The van der Waals surface area contributed by atoms with E-state index in [4.69, 9.17) is 8.83 Å². The zero-order chi connectivity index (χ0) is 33.8. The van der Waals surface area contributed by atoms with Crippen molar-refractivity contribution in [1.82, 2.24) is 0 Å². The third-order valence-corrected chi connectivity index (χ3v) is 11.9. The average Bonchev–Trinajstić information content (AvgIpc) is 3.72. The SMILES string of the molecule is CCc1ccccc1N(I)c1cccc2c1oc1c(CC)cc(-c3cccc(N(I)c4cccc5c4oc4c(CC)cccc45)c3C)cc12. The first-order chi connectivity index (χ1) is 23.9. The van der Waals surface area contributed by atoms with E-state index in [2.05, 4.69) is 189 Å². The van der Waals surface area contributed by atoms with Gasteiger partial charge < -0.3 is 8.83 Å². The molecule has 49 heavy (non-hydrogen) atoms. The largest absolute Gasteiger partial charge is 0.454 e. The number of furan rings is 2. The molecule has 0 amide bonds. The molecule has 2 heterocycles. The first-order valence-electron chi connectivity index (χ1n) is 16.9. The highest BCUT2D eigenvalue weighted by molar-refractivity contribution is 14.1. The van der Waals surface area contributed by atoms with E-state index in [1.165, 1.54) is 44.5 Å². The van der Waals surface area contributed by atoms with Crippen LogP contribution in [0.1, 0.15) is 43.0 Å². The molecule has 244 valence electrons. The Bertz CT molecular complexity index is 2530. The molecular formula is C43H36I2N2O2. The van der Waals surface area contributed by atoms with Crippen LogP contribution in [-0.4, -0.2) is 0 Å². The quantitative estimate of drug-likeness (QED) is 0.113. The Morgan fingerprint density at radius 3 is 1.63 bits per heavy atom. The van der Waals surface area contributed by atoms with Gasteiger partial charge in [0.15, 0.2) is 11.2 Å². The molecule has 0 radical (unpaired) electrons. The van der Waals surface area contributed by atoms with Crippen LogP contribution in [0.5, 0.6) is 0 Å². The van der Waals surface area contributed by atoms with Gasteiger partial charge in [-0.15, -0.1) is 0 Å². The van der Waals surface area contributed by atoms with E-state index >= 15 is 0 Å². The summed E-state index contributed by atoms with van der Waals surface area (Å²) in [5, 5.41) is 4.59. The minimum atomic E-state index is 0.872. The number of aryl methyl sites for hydroxylation is 3. The highest BCUT2D eigenvalue weighted by atomic mass is 127. The summed E-state index contributed by atoms with van der Waals surface area (Å²) in [5.41, 5.74) is 15.6. The second-order valence-electron chi connectivity index (χ2n) is 12.5. The lowest BCUT2D eigenvalue weighted by atomic mass is 9.94. The van der Waals surface area contributed by atoms with Gasteiger partial charge in [0.25, 0.3) is 0 Å². The van der Waals surface area contributed by atoms with Crippen molar-refractivity contribution in [2.45, 2.75) is 47.0 Å². The van der Waals surface area contributed by atoms with Crippen LogP contribution in [0.4, 0.5) is 22.7 Å². The molecule has 0 atom stereocenters. The molecule has 2 aromatic heterocycles. The number of hydrogen-bond donors (Lipinski definition) is 0. The first kappa shape index (κ1) is 32.2. The topological polar surface area (TPSA) is 32.8 Å². The van der Waals surface area contributed by atoms with Crippen molar-refractivity contribution in [3.8, 4) is 11.1 Å². The van der Waals surface area contributed by atoms with E-state index in [0.717, 1.165) is 74.8 Å². The summed E-state index contributed by atoms with van der Waals surface area (Å²) < 4.78 is 17.9. The summed E-state index contributed by atoms with van der Waals surface area (Å²) in [5.74, 6) is 0. The van der Waals surface area contributed by atoms with E-state index in [0.29, 0.717) is 0 Å². The van der Waals surface area contributed by atoms with Gasteiger partial charge in [-0.3, -0.25) is 6.23 Å². The van der Waals surface area contributed by atoms with Crippen molar-refractivity contribution in [2.75, 3.05) is 6.23 Å². The average molecular weight is 867 g/mol. The lowest BCUT2D eigenvalue weighted by Gasteiger charge is -2.21. The second kappa shape index (κ2) is 13.0. The molecule has 6 aromatic carbocycles. The number of para-hydroxylation sites is 4. The lowest BCUT2D eigenvalue weighted by molar-refractivity contribution is 0.664. The summed E-state index contributed by atoms with van der Waals surface area (Å²) >= 11 is 4.86. The summed E-state index contributed by atoms with van der Waals surface area (Å²) in [6.07, 6.45) is 2.77. The Hall–Kier alpha value is -4.02. The van der Waals surface area contributed by atoms with E-state index in [9.17, 15) is 0 Å². The van der Waals surface area contributed by atoms with Crippen LogP contribution in [0, 0.1) is 6.92 Å². The molecule has 8 aromatic rings. The van der Waals surface area contributed by atoms with Gasteiger partial charge in [-0.2, -0.15) is 0 Å². The van der Waals surface area contributed by atoms with Gasteiger partial charge in [-0.1, -0.05) is 93.6 Å². The molecule has 0 aliphatic carbocycles. The monoisotopic (exact) mass is 866 g/mol. The summed E-state index contributed by atoms with van der Waals surface area (Å²) in [6, 6.07) is 39.2. The predicted molar refractivity (Wildman–Crippen MR) is 225 cm³/mol. The van der Waals surface area contributed by atoms with Gasteiger partial charge in [0, 0.05) is 21.5 Å². The minimum Gasteiger partial charge on any atom is -0.454 e. The van der Waals surface area contributed by atoms with Crippen LogP contribution in [0.25, 0.3) is 55.0 Å². The van der Waals surface area contributed by atoms with Gasteiger partial charge in [0.05, 0.1) is 68.5 Å². The van der Waals surface area contributed by atoms with Crippen molar-refractivity contribution in [1.29, 1.82) is 0 Å². The number of rotatable bonds is 8. The molecule has 8 rings (SSSR count). The molecule has 0 fully saturated rings. The van der Waals surface area contributed by atoms with Crippen LogP contribution in [0.2, 0.25) is 0 Å². The molecule has 0 bridgehead atoms. The number of fused-ring (bicyclic) bond motifs is 6. The highest BCUT2D eigenvalue weighted by Gasteiger charge is 2.22. The molecule has 0 unspecified atom stereocenters. The first-order valence-corrected chi connectivity index (χ1v) is 18.9. The number of benzene rings is 6. The molecule has 0 aliphatic heterocycles. The molecule has 0 aliphatic rings. The van der Waals surface area contributed by atoms with Crippen LogP contribution in [-0.2, 0) is 19.3 Å². The molecule has 0 saturated carbocycles. The van der Waals surface area contributed by atoms with Crippen molar-refractivity contribution < 1.29 is 8.83 Å². The predicted octanol–water partition coefficient (Wildman–Crippen LogP) is 14.1. The number of halogens is 2. The molecule has 6 heteroatoms. The van der Waals surface area contributed by atoms with Gasteiger partial charge >= 0.3 is 0 Å². The maximum absolute atomic E-state index is 6.78. The third kappa shape index (κ3) is 5.30. The Labute approximate surface area is 314 Å². The van der Waals surface area contributed by atoms with Crippen LogP contribution in [0.3, 0.4) is 0 Å². The van der Waals surface area contributed by atoms with E-state index in [-0.39, 0.29) is 0 Å². The van der Waals surface area contributed by atoms with E-state index < -0.39 is 0 Å². The Morgan fingerprint density at radius 1 is 0.469 bits per heavy atom. The summed E-state index contributed by atoms with van der Waals surface area (Å²) in [4.78, 5) is 0. The Kier molecular flexibility index (Phi) is 8.56. The van der Waals surface area contributed by atoms with Crippen LogP contribution >= 0.6 is 45.7 Å². The van der Waals surface area contributed by atoms with Crippen molar-refractivity contribution >= 4 is 112 Å². The molecular weight excluding hydrogens is 830 g/mol. The van der Waals surface area contributed by atoms with Gasteiger partial charge in [0.2, 0.25) is 0 Å². The van der Waals surface area contributed by atoms with Crippen LogP contribution < -0.4 is 6.23 Å². The summed E-state index contributed by atoms with van der Waals surface area (Å²) in [7, 11) is 0. The third-order valence-electron chi connectivity index (χ3n) is 9.84. The highest BCUT2D eigenvalue weighted by Crippen LogP contribution is 2.46. The van der Waals surface area contributed by atoms with E-state index in [1.807, 2.05) is 0 Å². The fraction of sp³-hybridized carbons (Fsp3) is 0.163. The summed E-state index contributed by atoms with van der Waals surface area (Å²) in [6.45, 7) is 8.82. The number of hydrogen-bond acceptors (Lipinski definition) is 4. The maximum atomic E-state index is 6.78. The molecule has 4 nitrogen and oxygen atoms in total. The molecule has 0 spiro atoms. The Morgan fingerprint density at radius 2 is 0.959 bits per heavy atom. The molecule has 0 N–H and O–H groups in total. The van der Waals surface area contributed by atoms with Crippen molar-refractivity contribution in [3.63, 3.8) is 0 Å². The zero-order valence-corrected chi connectivity index (χ0v) is 32.3. The number of anilines is 4.